The van der Waals surface area contributed by atoms with Crippen LogP contribution in [0.1, 0.15) is 44.5 Å². The van der Waals surface area contributed by atoms with Crippen LogP contribution in [0.3, 0.4) is 0 Å². The summed E-state index contributed by atoms with van der Waals surface area (Å²) in [4.78, 5) is 30.3. The van der Waals surface area contributed by atoms with Crippen molar-refractivity contribution in [1.82, 2.24) is 4.98 Å². The maximum Gasteiger partial charge on any atom is 0.255 e. The molecule has 0 saturated heterocycles. The van der Waals surface area contributed by atoms with Gasteiger partial charge in [0.25, 0.3) is 11.8 Å². The number of nitrogens with one attached hydrogen (secondary N) is 2. The number of benzene rings is 3. The average molecular weight is 452 g/mol. The summed E-state index contributed by atoms with van der Waals surface area (Å²) < 4.78 is 5.72. The van der Waals surface area contributed by atoms with Crippen LogP contribution < -0.4 is 15.4 Å². The minimum atomic E-state index is -0.221. The van der Waals surface area contributed by atoms with Gasteiger partial charge in [-0.1, -0.05) is 12.1 Å². The number of amides is 2. The number of nitrogens with zero attached hydrogens (tertiary/aromatic N) is 1. The van der Waals surface area contributed by atoms with Crippen LogP contribution in [0.25, 0.3) is 10.9 Å². The number of anilines is 2. The highest BCUT2D eigenvalue weighted by molar-refractivity contribution is 6.08. The summed E-state index contributed by atoms with van der Waals surface area (Å²) in [6.45, 7) is 5.86. The van der Waals surface area contributed by atoms with Crippen LogP contribution in [-0.4, -0.2) is 22.9 Å². The fourth-order valence-electron chi connectivity index (χ4n) is 4.16. The van der Waals surface area contributed by atoms with Gasteiger partial charge in [0.05, 0.1) is 5.52 Å². The standard InChI is InChI=1S/C28H25N3O3/c1-16-4-9-23(30-27(32)21-8-11-26-22(14-21)12-18(3)34-26)15-25(16)31-28(33)20-7-10-24-19(13-20)6-5-17(2)29-24/h4-11,13-15,18H,12H2,1-3H3,(H,30,32)(H,31,33). The Morgan fingerprint density at radius 2 is 1.65 bits per heavy atom. The van der Waals surface area contributed by atoms with Crippen molar-refractivity contribution >= 4 is 34.1 Å². The Bertz CT molecular complexity index is 1440. The second-order valence-corrected chi connectivity index (χ2v) is 8.75. The molecule has 1 aliphatic heterocycles. The quantitative estimate of drug-likeness (QED) is 0.418. The zero-order chi connectivity index (χ0) is 23.8. The van der Waals surface area contributed by atoms with E-state index < -0.39 is 0 Å². The van der Waals surface area contributed by atoms with E-state index in [9.17, 15) is 9.59 Å². The average Bonchev–Trinajstić information content (AvgIpc) is 3.20. The minimum absolute atomic E-state index is 0.125. The number of ether oxygens (including phenoxy) is 1. The van der Waals surface area contributed by atoms with E-state index in [4.69, 9.17) is 4.74 Å². The Morgan fingerprint density at radius 3 is 2.50 bits per heavy atom. The van der Waals surface area contributed by atoms with Crippen LogP contribution in [0.4, 0.5) is 11.4 Å². The molecule has 5 rings (SSSR count). The summed E-state index contributed by atoms with van der Waals surface area (Å²) >= 11 is 0. The van der Waals surface area contributed by atoms with Crippen molar-refractivity contribution in [2.45, 2.75) is 33.3 Å². The molecule has 2 heterocycles. The Balaban J connectivity index is 1.33. The van der Waals surface area contributed by atoms with Crippen molar-refractivity contribution in [3.63, 3.8) is 0 Å². The third-order valence-corrected chi connectivity index (χ3v) is 5.99. The predicted molar refractivity (Wildman–Crippen MR) is 134 cm³/mol. The second-order valence-electron chi connectivity index (χ2n) is 8.75. The topological polar surface area (TPSA) is 80.3 Å². The molecule has 34 heavy (non-hydrogen) atoms. The second kappa shape index (κ2) is 8.63. The molecule has 6 nitrogen and oxygen atoms in total. The number of aromatic nitrogens is 1. The SMILES string of the molecule is Cc1ccc2cc(C(=O)Nc3cc(NC(=O)c4ccc5c(c4)CC(C)O5)ccc3C)ccc2n1. The molecule has 1 unspecified atom stereocenters. The van der Waals surface area contributed by atoms with Crippen molar-refractivity contribution in [1.29, 1.82) is 0 Å². The normalized spacial score (nSPS) is 14.4. The van der Waals surface area contributed by atoms with E-state index in [1.807, 2.05) is 69.3 Å². The smallest absolute Gasteiger partial charge is 0.255 e. The van der Waals surface area contributed by atoms with Crippen LogP contribution >= 0.6 is 0 Å². The zero-order valence-corrected chi connectivity index (χ0v) is 19.3. The van der Waals surface area contributed by atoms with Crippen molar-refractivity contribution in [3.05, 3.63) is 94.7 Å². The van der Waals surface area contributed by atoms with Gasteiger partial charge >= 0.3 is 0 Å². The number of carbonyl (C=O) groups is 2. The van der Waals surface area contributed by atoms with Gasteiger partial charge in [0, 0.05) is 40.0 Å². The molecule has 6 heteroatoms. The van der Waals surface area contributed by atoms with Crippen LogP contribution in [0.2, 0.25) is 0 Å². The lowest BCUT2D eigenvalue weighted by atomic mass is 10.1. The summed E-state index contributed by atoms with van der Waals surface area (Å²) in [6, 6.07) is 20.3. The van der Waals surface area contributed by atoms with Crippen LogP contribution in [0.5, 0.6) is 5.75 Å². The fraction of sp³-hybridized carbons (Fsp3) is 0.179. The van der Waals surface area contributed by atoms with Gasteiger partial charge in [-0.25, -0.2) is 0 Å². The molecule has 0 saturated carbocycles. The molecule has 170 valence electrons. The minimum Gasteiger partial charge on any atom is -0.490 e. The van der Waals surface area contributed by atoms with Crippen LogP contribution in [0, 0.1) is 13.8 Å². The highest BCUT2D eigenvalue weighted by atomic mass is 16.5. The lowest BCUT2D eigenvalue weighted by molar-refractivity contribution is 0.101. The monoisotopic (exact) mass is 451 g/mol. The molecule has 0 bridgehead atoms. The molecule has 2 amide bonds. The molecule has 3 aromatic carbocycles. The first-order valence-corrected chi connectivity index (χ1v) is 11.3. The first-order chi connectivity index (χ1) is 16.4. The molecule has 1 aromatic heterocycles. The van der Waals surface area contributed by atoms with Gasteiger partial charge < -0.3 is 15.4 Å². The molecule has 0 aliphatic carbocycles. The number of hydrogen-bond donors (Lipinski definition) is 2. The number of fused-ring (bicyclic) bond motifs is 2. The molecule has 4 aromatic rings. The maximum absolute atomic E-state index is 12.9. The van der Waals surface area contributed by atoms with E-state index >= 15 is 0 Å². The first kappa shape index (κ1) is 21.6. The molecular formula is C28H25N3O3. The summed E-state index contributed by atoms with van der Waals surface area (Å²) in [6.07, 6.45) is 0.918. The summed E-state index contributed by atoms with van der Waals surface area (Å²) in [7, 11) is 0. The molecule has 0 radical (unpaired) electrons. The van der Waals surface area contributed by atoms with Gasteiger partial charge in [-0.3, -0.25) is 14.6 Å². The lowest BCUT2D eigenvalue weighted by Gasteiger charge is -2.12. The Hall–Kier alpha value is -4.19. The summed E-state index contributed by atoms with van der Waals surface area (Å²) in [5, 5.41) is 6.81. The van der Waals surface area contributed by atoms with Gasteiger partial charge in [0.15, 0.2) is 0 Å². The van der Waals surface area contributed by atoms with Crippen LogP contribution in [0.15, 0.2) is 66.7 Å². The molecule has 2 N–H and O–H groups in total. The van der Waals surface area contributed by atoms with Crippen molar-refractivity contribution in [2.24, 2.45) is 0 Å². The Labute approximate surface area is 198 Å². The van der Waals surface area contributed by atoms with E-state index in [1.54, 1.807) is 18.2 Å². The highest BCUT2D eigenvalue weighted by Crippen LogP contribution is 2.30. The van der Waals surface area contributed by atoms with Gasteiger partial charge in [0.1, 0.15) is 11.9 Å². The number of aryl methyl sites for hydroxylation is 2. The van der Waals surface area contributed by atoms with E-state index in [1.165, 1.54) is 0 Å². The number of pyridine rings is 1. The number of rotatable bonds is 4. The molecular weight excluding hydrogens is 426 g/mol. The third-order valence-electron chi connectivity index (χ3n) is 5.99. The van der Waals surface area contributed by atoms with Gasteiger partial charge in [-0.2, -0.15) is 0 Å². The van der Waals surface area contributed by atoms with E-state index in [0.717, 1.165) is 39.9 Å². The summed E-state index contributed by atoms with van der Waals surface area (Å²) in [5.74, 6) is 0.409. The summed E-state index contributed by atoms with van der Waals surface area (Å²) in [5.41, 5.74) is 6.08. The molecule has 1 atom stereocenters. The Kier molecular flexibility index (Phi) is 5.49. The largest absolute Gasteiger partial charge is 0.490 e. The first-order valence-electron chi connectivity index (χ1n) is 11.3. The van der Waals surface area contributed by atoms with Crippen LogP contribution in [-0.2, 0) is 6.42 Å². The molecule has 0 fully saturated rings. The maximum atomic E-state index is 12.9. The molecule has 0 spiro atoms. The van der Waals surface area contributed by atoms with Gasteiger partial charge in [-0.15, -0.1) is 0 Å². The number of carbonyl (C=O) groups excluding carboxylic acids is 2. The van der Waals surface area contributed by atoms with Gasteiger partial charge in [0.2, 0.25) is 0 Å². The third kappa shape index (κ3) is 4.35. The highest BCUT2D eigenvalue weighted by Gasteiger charge is 2.20. The number of hydrogen-bond acceptors (Lipinski definition) is 4. The van der Waals surface area contributed by atoms with E-state index in [-0.39, 0.29) is 17.9 Å². The lowest BCUT2D eigenvalue weighted by Crippen LogP contribution is -2.15. The van der Waals surface area contributed by atoms with E-state index in [0.29, 0.717) is 22.5 Å². The Morgan fingerprint density at radius 1 is 0.882 bits per heavy atom. The fourth-order valence-corrected chi connectivity index (χ4v) is 4.16. The van der Waals surface area contributed by atoms with Gasteiger partial charge in [-0.05, 0) is 86.5 Å². The van der Waals surface area contributed by atoms with Crippen molar-refractivity contribution < 1.29 is 14.3 Å². The van der Waals surface area contributed by atoms with E-state index in [2.05, 4.69) is 15.6 Å². The predicted octanol–water partition coefficient (Wildman–Crippen LogP) is 5.68. The molecule has 1 aliphatic rings. The zero-order valence-electron chi connectivity index (χ0n) is 19.3. The van der Waals surface area contributed by atoms with Crippen molar-refractivity contribution in [2.75, 3.05) is 10.6 Å². The van der Waals surface area contributed by atoms with Crippen molar-refractivity contribution in [3.8, 4) is 5.75 Å².